The lowest BCUT2D eigenvalue weighted by atomic mass is 10.2. The van der Waals surface area contributed by atoms with Gasteiger partial charge in [-0.15, -0.1) is 11.8 Å². The van der Waals surface area contributed by atoms with Gasteiger partial charge in [0.05, 0.1) is 20.0 Å². The summed E-state index contributed by atoms with van der Waals surface area (Å²) in [5.74, 6) is 4.86. The van der Waals surface area contributed by atoms with E-state index in [-0.39, 0.29) is 0 Å². The molecule has 2 aromatic carbocycles. The highest BCUT2D eigenvalue weighted by Gasteiger charge is 2.16. The molecule has 4 rings (SSSR count). The first kappa shape index (κ1) is 20.4. The Bertz CT molecular complexity index is 1140. The lowest BCUT2D eigenvalue weighted by molar-refractivity contribution is 0.355. The van der Waals surface area contributed by atoms with E-state index in [0.717, 1.165) is 27.7 Å². The van der Waals surface area contributed by atoms with E-state index < -0.39 is 0 Å². The van der Waals surface area contributed by atoms with Crippen molar-refractivity contribution >= 4 is 23.4 Å². The molecule has 2 aromatic heterocycles. The van der Waals surface area contributed by atoms with Gasteiger partial charge in [0, 0.05) is 16.3 Å². The Hall–Kier alpha value is -2.90. The van der Waals surface area contributed by atoms with Crippen molar-refractivity contribution in [3.63, 3.8) is 0 Å². The summed E-state index contributed by atoms with van der Waals surface area (Å²) in [5.41, 5.74) is 1.86. The van der Waals surface area contributed by atoms with Crippen LogP contribution in [-0.4, -0.2) is 24.4 Å². The SMILES string of the molecule is COc1ccc(-c2noc(-c3ccc(CSCc4ccccc4Cl)o3)n2)cc1OC. The summed E-state index contributed by atoms with van der Waals surface area (Å²) < 4.78 is 21.8. The fraction of sp³-hybridized carbons (Fsp3) is 0.182. The van der Waals surface area contributed by atoms with Crippen LogP contribution in [0.25, 0.3) is 23.0 Å². The molecular weight excluding hydrogens is 424 g/mol. The average Bonchev–Trinajstić information content (AvgIpc) is 3.44. The van der Waals surface area contributed by atoms with Crippen LogP contribution in [-0.2, 0) is 11.5 Å². The van der Waals surface area contributed by atoms with Gasteiger partial charge in [-0.1, -0.05) is 35.0 Å². The van der Waals surface area contributed by atoms with E-state index in [1.807, 2.05) is 42.5 Å². The standard InChI is InChI=1S/C22H19ClN2O4S/c1-26-18-9-7-14(11-20(18)27-2)21-24-22(29-25-21)19-10-8-16(28-19)13-30-12-15-5-3-4-6-17(15)23/h3-11H,12-13H2,1-2H3. The first-order valence-corrected chi connectivity index (χ1v) is 10.7. The van der Waals surface area contributed by atoms with Crippen LogP contribution < -0.4 is 9.47 Å². The molecule has 0 aliphatic heterocycles. The van der Waals surface area contributed by atoms with Crippen LogP contribution in [0.4, 0.5) is 0 Å². The second-order valence-electron chi connectivity index (χ2n) is 6.34. The largest absolute Gasteiger partial charge is 0.493 e. The fourth-order valence-corrected chi connectivity index (χ4v) is 4.08. The Morgan fingerprint density at radius 2 is 1.80 bits per heavy atom. The van der Waals surface area contributed by atoms with E-state index in [2.05, 4.69) is 10.1 Å². The van der Waals surface area contributed by atoms with Crippen molar-refractivity contribution in [3.8, 4) is 34.5 Å². The van der Waals surface area contributed by atoms with Gasteiger partial charge >= 0.3 is 0 Å². The molecule has 0 bridgehead atoms. The van der Waals surface area contributed by atoms with Crippen molar-refractivity contribution in [1.29, 1.82) is 0 Å². The van der Waals surface area contributed by atoms with Crippen LogP contribution in [0.1, 0.15) is 11.3 Å². The van der Waals surface area contributed by atoms with Crippen LogP contribution in [0.2, 0.25) is 5.02 Å². The highest BCUT2D eigenvalue weighted by atomic mass is 35.5. The summed E-state index contributed by atoms with van der Waals surface area (Å²) in [5, 5.41) is 4.83. The maximum atomic E-state index is 6.20. The molecule has 0 fully saturated rings. The lowest BCUT2D eigenvalue weighted by Gasteiger charge is -2.07. The Kier molecular flexibility index (Phi) is 6.30. The molecule has 0 amide bonds. The smallest absolute Gasteiger partial charge is 0.293 e. The quantitative estimate of drug-likeness (QED) is 0.326. The molecule has 6 nitrogen and oxygen atoms in total. The summed E-state index contributed by atoms with van der Waals surface area (Å²) in [6, 6.07) is 17.0. The third-order valence-corrected chi connectivity index (χ3v) is 5.77. The minimum atomic E-state index is 0.321. The number of ether oxygens (including phenoxy) is 2. The van der Waals surface area contributed by atoms with Crippen LogP contribution in [0.3, 0.4) is 0 Å². The molecule has 2 heterocycles. The zero-order valence-corrected chi connectivity index (χ0v) is 18.0. The van der Waals surface area contributed by atoms with Crippen LogP contribution >= 0.6 is 23.4 Å². The summed E-state index contributed by atoms with van der Waals surface area (Å²) in [7, 11) is 3.17. The Labute approximate surface area is 183 Å². The number of rotatable bonds is 8. The van der Waals surface area contributed by atoms with Crippen molar-refractivity contribution in [3.05, 3.63) is 70.9 Å². The van der Waals surface area contributed by atoms with Crippen molar-refractivity contribution in [2.45, 2.75) is 11.5 Å². The molecule has 0 saturated carbocycles. The average molecular weight is 443 g/mol. The zero-order chi connectivity index (χ0) is 20.9. The molecule has 0 radical (unpaired) electrons. The second-order valence-corrected chi connectivity index (χ2v) is 7.74. The van der Waals surface area contributed by atoms with E-state index in [1.165, 1.54) is 0 Å². The maximum absolute atomic E-state index is 6.20. The molecule has 154 valence electrons. The number of methoxy groups -OCH3 is 2. The monoisotopic (exact) mass is 442 g/mol. The Balaban J connectivity index is 1.43. The number of aromatic nitrogens is 2. The van der Waals surface area contributed by atoms with Gasteiger partial charge in [-0.3, -0.25) is 0 Å². The lowest BCUT2D eigenvalue weighted by Crippen LogP contribution is -1.91. The molecule has 0 spiro atoms. The minimum Gasteiger partial charge on any atom is -0.493 e. The van der Waals surface area contributed by atoms with Crippen molar-refractivity contribution in [2.24, 2.45) is 0 Å². The molecule has 0 aliphatic carbocycles. The molecule has 8 heteroatoms. The molecule has 0 aliphatic rings. The molecule has 30 heavy (non-hydrogen) atoms. The van der Waals surface area contributed by atoms with Crippen molar-refractivity contribution in [2.75, 3.05) is 14.2 Å². The number of benzene rings is 2. The summed E-state index contributed by atoms with van der Waals surface area (Å²) in [4.78, 5) is 4.44. The molecule has 0 N–H and O–H groups in total. The topological polar surface area (TPSA) is 70.5 Å². The molecule has 0 unspecified atom stereocenters. The van der Waals surface area contributed by atoms with Gasteiger partial charge in [0.1, 0.15) is 5.76 Å². The highest BCUT2D eigenvalue weighted by Crippen LogP contribution is 2.32. The van der Waals surface area contributed by atoms with Gasteiger partial charge in [0.25, 0.3) is 5.89 Å². The number of hydrogen-bond acceptors (Lipinski definition) is 7. The highest BCUT2D eigenvalue weighted by molar-refractivity contribution is 7.97. The van der Waals surface area contributed by atoms with Gasteiger partial charge in [-0.05, 0) is 42.0 Å². The second kappa shape index (κ2) is 9.28. The molecule has 0 atom stereocenters. The number of hydrogen-bond donors (Lipinski definition) is 0. The normalized spacial score (nSPS) is 10.9. The maximum Gasteiger partial charge on any atom is 0.293 e. The number of halogens is 1. The van der Waals surface area contributed by atoms with Gasteiger partial charge in [0.15, 0.2) is 17.3 Å². The number of thioether (sulfide) groups is 1. The van der Waals surface area contributed by atoms with Gasteiger partial charge in [0.2, 0.25) is 5.82 Å². The van der Waals surface area contributed by atoms with Gasteiger partial charge in [-0.25, -0.2) is 0 Å². The molecule has 0 saturated heterocycles. The Morgan fingerprint density at radius 3 is 2.60 bits per heavy atom. The van der Waals surface area contributed by atoms with Crippen molar-refractivity contribution in [1.82, 2.24) is 10.1 Å². The first-order valence-electron chi connectivity index (χ1n) is 9.14. The van der Waals surface area contributed by atoms with E-state index in [1.54, 1.807) is 38.1 Å². The van der Waals surface area contributed by atoms with E-state index >= 15 is 0 Å². The third kappa shape index (κ3) is 4.47. The predicted octanol–water partition coefficient (Wildman–Crippen LogP) is 6.10. The van der Waals surface area contributed by atoms with Gasteiger partial charge in [-0.2, -0.15) is 4.98 Å². The molecular formula is C22H19ClN2O4S. The summed E-state index contributed by atoms with van der Waals surface area (Å²) in [6.45, 7) is 0. The minimum absolute atomic E-state index is 0.321. The van der Waals surface area contributed by atoms with Crippen LogP contribution in [0, 0.1) is 0 Å². The Morgan fingerprint density at radius 1 is 0.967 bits per heavy atom. The van der Waals surface area contributed by atoms with Crippen molar-refractivity contribution < 1.29 is 18.4 Å². The fourth-order valence-electron chi connectivity index (χ4n) is 2.86. The zero-order valence-electron chi connectivity index (χ0n) is 16.4. The first-order chi connectivity index (χ1) is 14.7. The summed E-state index contributed by atoms with van der Waals surface area (Å²) in [6.07, 6.45) is 0. The van der Waals surface area contributed by atoms with E-state index in [4.69, 9.17) is 30.0 Å². The predicted molar refractivity (Wildman–Crippen MR) is 117 cm³/mol. The summed E-state index contributed by atoms with van der Waals surface area (Å²) >= 11 is 7.92. The third-order valence-electron chi connectivity index (χ3n) is 4.40. The van der Waals surface area contributed by atoms with E-state index in [9.17, 15) is 0 Å². The van der Waals surface area contributed by atoms with Crippen LogP contribution in [0.5, 0.6) is 11.5 Å². The molecule has 4 aromatic rings. The number of nitrogens with zero attached hydrogens (tertiary/aromatic N) is 2. The van der Waals surface area contributed by atoms with Gasteiger partial charge < -0.3 is 18.4 Å². The number of furan rings is 1. The van der Waals surface area contributed by atoms with E-state index in [0.29, 0.717) is 34.7 Å². The van der Waals surface area contributed by atoms with Crippen LogP contribution in [0.15, 0.2) is 63.5 Å².